The summed E-state index contributed by atoms with van der Waals surface area (Å²) in [6, 6.07) is 12.2. The molecule has 0 fully saturated rings. The van der Waals surface area contributed by atoms with Crippen molar-refractivity contribution in [2.24, 2.45) is 0 Å². The molecule has 0 radical (unpaired) electrons. The van der Waals surface area contributed by atoms with Crippen LogP contribution in [0.1, 0.15) is 20.3 Å². The van der Waals surface area contributed by atoms with Gasteiger partial charge in [-0.15, -0.1) is 0 Å². The number of hydrogen-bond donors (Lipinski definition) is 2. The molecule has 0 aromatic heterocycles. The molecule has 0 aliphatic carbocycles. The van der Waals surface area contributed by atoms with Crippen LogP contribution in [-0.2, 0) is 4.79 Å². The molecule has 0 bridgehead atoms. The van der Waals surface area contributed by atoms with Gasteiger partial charge in [-0.05, 0) is 11.5 Å². The van der Waals surface area contributed by atoms with Crippen molar-refractivity contribution in [2.45, 2.75) is 26.3 Å². The summed E-state index contributed by atoms with van der Waals surface area (Å²) in [6.07, 6.45) is 0.452. The van der Waals surface area contributed by atoms with E-state index >= 15 is 0 Å². The van der Waals surface area contributed by atoms with E-state index in [1.807, 2.05) is 36.4 Å². The highest BCUT2D eigenvalue weighted by atomic mass is 16.5. The fourth-order valence-electron chi connectivity index (χ4n) is 2.21. The Bertz CT molecular complexity index is 623. The summed E-state index contributed by atoms with van der Waals surface area (Å²) in [7, 11) is 1.64. The fraction of sp³-hybridized carbons (Fsp3) is 0.353. The van der Waals surface area contributed by atoms with E-state index in [9.17, 15) is 4.79 Å². The van der Waals surface area contributed by atoms with Crippen LogP contribution in [0, 0.1) is 0 Å². The van der Waals surface area contributed by atoms with Crippen LogP contribution in [0.25, 0.3) is 10.8 Å². The molecule has 2 aromatic rings. The van der Waals surface area contributed by atoms with Crippen LogP contribution in [-0.4, -0.2) is 25.6 Å². The molecule has 0 atom stereocenters. The molecule has 21 heavy (non-hydrogen) atoms. The molecule has 0 spiro atoms. The molecule has 0 aliphatic rings. The first kappa shape index (κ1) is 15.3. The summed E-state index contributed by atoms with van der Waals surface area (Å²) in [5, 5.41) is 8.24. The maximum atomic E-state index is 11.9. The van der Waals surface area contributed by atoms with Crippen LogP contribution in [0.15, 0.2) is 36.4 Å². The van der Waals surface area contributed by atoms with Crippen LogP contribution < -0.4 is 15.4 Å². The van der Waals surface area contributed by atoms with Crippen molar-refractivity contribution in [3.8, 4) is 5.75 Å². The second-order valence-electron chi connectivity index (χ2n) is 5.31. The van der Waals surface area contributed by atoms with Gasteiger partial charge in [0.15, 0.2) is 0 Å². The maximum Gasteiger partial charge on any atom is 0.225 e. The monoisotopic (exact) mass is 286 g/mol. The number of anilines is 1. The number of carbonyl (C=O) groups is 1. The molecule has 0 heterocycles. The number of nitrogens with one attached hydrogen (secondary N) is 2. The lowest BCUT2D eigenvalue weighted by Gasteiger charge is -2.11. The quantitative estimate of drug-likeness (QED) is 0.857. The largest absolute Gasteiger partial charge is 0.496 e. The standard InChI is InChI=1S/C17H22N2O2/c1-12(2)18-9-8-17(20)19-14-10-13-6-4-5-7-15(13)16(11-14)21-3/h4-7,10-12,18H,8-9H2,1-3H3,(H,19,20). The molecule has 112 valence electrons. The first-order valence-corrected chi connectivity index (χ1v) is 7.20. The molecule has 2 aromatic carbocycles. The molecule has 4 heteroatoms. The number of hydrogen-bond acceptors (Lipinski definition) is 3. The second-order valence-corrected chi connectivity index (χ2v) is 5.31. The average Bonchev–Trinajstić information content (AvgIpc) is 2.46. The number of methoxy groups -OCH3 is 1. The normalized spacial score (nSPS) is 10.9. The van der Waals surface area contributed by atoms with Gasteiger partial charge in [-0.3, -0.25) is 4.79 Å². The summed E-state index contributed by atoms with van der Waals surface area (Å²) in [6.45, 7) is 4.80. The average molecular weight is 286 g/mol. The van der Waals surface area contributed by atoms with Crippen LogP contribution in [0.3, 0.4) is 0 Å². The summed E-state index contributed by atoms with van der Waals surface area (Å²) in [5.74, 6) is 0.768. The van der Waals surface area contributed by atoms with Crippen molar-refractivity contribution in [1.29, 1.82) is 0 Å². The highest BCUT2D eigenvalue weighted by molar-refractivity contribution is 5.97. The Kier molecular flexibility index (Phi) is 5.17. The lowest BCUT2D eigenvalue weighted by atomic mass is 10.1. The molecular formula is C17H22N2O2. The van der Waals surface area contributed by atoms with E-state index < -0.39 is 0 Å². The number of carbonyl (C=O) groups excluding carboxylic acids is 1. The number of benzene rings is 2. The zero-order valence-electron chi connectivity index (χ0n) is 12.8. The Morgan fingerprint density at radius 2 is 2.00 bits per heavy atom. The zero-order chi connectivity index (χ0) is 15.2. The minimum absolute atomic E-state index is 0.000448. The van der Waals surface area contributed by atoms with Gasteiger partial charge in [0.25, 0.3) is 0 Å². The van der Waals surface area contributed by atoms with E-state index in [1.165, 1.54) is 0 Å². The van der Waals surface area contributed by atoms with Gasteiger partial charge in [-0.2, -0.15) is 0 Å². The van der Waals surface area contributed by atoms with E-state index in [0.717, 1.165) is 22.2 Å². The predicted molar refractivity (Wildman–Crippen MR) is 86.9 cm³/mol. The van der Waals surface area contributed by atoms with E-state index in [-0.39, 0.29) is 5.91 Å². The smallest absolute Gasteiger partial charge is 0.225 e. The molecule has 0 saturated carbocycles. The third-order valence-corrected chi connectivity index (χ3v) is 3.23. The van der Waals surface area contributed by atoms with Crippen molar-refractivity contribution >= 4 is 22.4 Å². The van der Waals surface area contributed by atoms with Gasteiger partial charge < -0.3 is 15.4 Å². The minimum atomic E-state index is 0.000448. The van der Waals surface area contributed by atoms with E-state index in [0.29, 0.717) is 19.0 Å². The van der Waals surface area contributed by atoms with Gasteiger partial charge in [-0.25, -0.2) is 0 Å². The number of rotatable bonds is 6. The van der Waals surface area contributed by atoms with Crippen molar-refractivity contribution in [3.63, 3.8) is 0 Å². The summed E-state index contributed by atoms with van der Waals surface area (Å²) >= 11 is 0. The van der Waals surface area contributed by atoms with Gasteiger partial charge in [-0.1, -0.05) is 38.1 Å². The predicted octanol–water partition coefficient (Wildman–Crippen LogP) is 3.18. The molecule has 0 aliphatic heterocycles. The lowest BCUT2D eigenvalue weighted by molar-refractivity contribution is -0.116. The Morgan fingerprint density at radius 1 is 1.24 bits per heavy atom. The van der Waals surface area contributed by atoms with Gasteiger partial charge in [0.2, 0.25) is 5.91 Å². The first-order chi connectivity index (χ1) is 10.1. The minimum Gasteiger partial charge on any atom is -0.496 e. The highest BCUT2D eigenvalue weighted by Crippen LogP contribution is 2.29. The van der Waals surface area contributed by atoms with Crippen molar-refractivity contribution in [2.75, 3.05) is 19.0 Å². The van der Waals surface area contributed by atoms with Crippen LogP contribution in [0.5, 0.6) is 5.75 Å². The first-order valence-electron chi connectivity index (χ1n) is 7.20. The summed E-state index contributed by atoms with van der Waals surface area (Å²) < 4.78 is 5.40. The van der Waals surface area contributed by atoms with E-state index in [1.54, 1.807) is 7.11 Å². The second kappa shape index (κ2) is 7.09. The Balaban J connectivity index is 2.10. The number of fused-ring (bicyclic) bond motifs is 1. The fourth-order valence-corrected chi connectivity index (χ4v) is 2.21. The Morgan fingerprint density at radius 3 is 2.71 bits per heavy atom. The van der Waals surface area contributed by atoms with Crippen LogP contribution >= 0.6 is 0 Å². The zero-order valence-corrected chi connectivity index (χ0v) is 12.8. The number of amides is 1. The summed E-state index contributed by atoms with van der Waals surface area (Å²) in [5.41, 5.74) is 0.764. The molecule has 0 saturated heterocycles. The molecule has 2 N–H and O–H groups in total. The maximum absolute atomic E-state index is 11.9. The molecular weight excluding hydrogens is 264 g/mol. The van der Waals surface area contributed by atoms with E-state index in [2.05, 4.69) is 24.5 Å². The lowest BCUT2D eigenvalue weighted by Crippen LogP contribution is -2.27. The van der Waals surface area contributed by atoms with Crippen molar-refractivity contribution < 1.29 is 9.53 Å². The highest BCUT2D eigenvalue weighted by Gasteiger charge is 2.07. The van der Waals surface area contributed by atoms with E-state index in [4.69, 9.17) is 4.74 Å². The van der Waals surface area contributed by atoms with Crippen molar-refractivity contribution in [1.82, 2.24) is 5.32 Å². The van der Waals surface area contributed by atoms with Gasteiger partial charge in [0.05, 0.1) is 7.11 Å². The molecule has 2 rings (SSSR count). The van der Waals surface area contributed by atoms with Crippen molar-refractivity contribution in [3.05, 3.63) is 36.4 Å². The molecule has 0 unspecified atom stereocenters. The topological polar surface area (TPSA) is 50.4 Å². The van der Waals surface area contributed by atoms with Crippen LogP contribution in [0.2, 0.25) is 0 Å². The SMILES string of the molecule is COc1cc(NC(=O)CCNC(C)C)cc2ccccc12. The third-order valence-electron chi connectivity index (χ3n) is 3.23. The molecule has 4 nitrogen and oxygen atoms in total. The van der Waals surface area contributed by atoms with Gasteiger partial charge in [0.1, 0.15) is 5.75 Å². The summed E-state index contributed by atoms with van der Waals surface area (Å²) in [4.78, 5) is 11.9. The third kappa shape index (κ3) is 4.20. The van der Waals surface area contributed by atoms with Gasteiger partial charge in [0, 0.05) is 36.1 Å². The van der Waals surface area contributed by atoms with Crippen LogP contribution in [0.4, 0.5) is 5.69 Å². The Labute approximate surface area is 125 Å². The Hall–Kier alpha value is -2.07. The van der Waals surface area contributed by atoms with Gasteiger partial charge >= 0.3 is 0 Å². The number of ether oxygens (including phenoxy) is 1. The molecule has 1 amide bonds.